The maximum absolute atomic E-state index is 10.9. The molecule has 1 N–H and O–H groups in total. The average Bonchev–Trinajstić information content (AvgIpc) is 3.16. The molecule has 1 aromatic heterocycles. The first-order valence-electron chi connectivity index (χ1n) is 13.6. The summed E-state index contributed by atoms with van der Waals surface area (Å²) in [6.07, 6.45) is 14.5. The fourth-order valence-electron chi connectivity index (χ4n) is 7.37. The molecule has 3 heterocycles. The lowest BCUT2D eigenvalue weighted by Gasteiger charge is -2.41. The Bertz CT molecular complexity index is 938. The summed E-state index contributed by atoms with van der Waals surface area (Å²) >= 11 is 0. The van der Waals surface area contributed by atoms with Gasteiger partial charge < -0.3 is 14.6 Å². The Hall–Kier alpha value is -1.36. The number of nitrogens with zero attached hydrogens (tertiary/aromatic N) is 3. The molecule has 2 aromatic rings. The number of aliphatic hydroxyl groups is 1. The maximum atomic E-state index is 10.9. The van der Waals surface area contributed by atoms with Gasteiger partial charge in [0.05, 0.1) is 12.1 Å². The van der Waals surface area contributed by atoms with Gasteiger partial charge in [-0.1, -0.05) is 31.7 Å². The van der Waals surface area contributed by atoms with Gasteiger partial charge in [-0.2, -0.15) is 0 Å². The summed E-state index contributed by atoms with van der Waals surface area (Å²) in [5, 5.41) is 12.5. The van der Waals surface area contributed by atoms with Crippen LogP contribution in [0.5, 0.6) is 0 Å². The van der Waals surface area contributed by atoms with E-state index in [2.05, 4.69) is 32.6 Å². The molecule has 4 nitrogen and oxygen atoms in total. The van der Waals surface area contributed by atoms with Gasteiger partial charge in [0.25, 0.3) is 0 Å². The van der Waals surface area contributed by atoms with E-state index in [1.54, 1.807) is 22.2 Å². The standard InChI is InChI=1S/C28H41N3O/c32-23(19-29-14-5-2-6-15-29)20-30-16-17-31-26-13-12-22(21-8-3-1-4-9-21)18-25(26)24-10-7-11-27(30)28(24)31/h12-13,18,21,23,27,32H,1-11,14-17,19-20H2/t23-,27-/m0/s1. The summed E-state index contributed by atoms with van der Waals surface area (Å²) in [4.78, 5) is 5.10. The Balaban J connectivity index is 1.25. The second-order valence-corrected chi connectivity index (χ2v) is 11.0. The van der Waals surface area contributed by atoms with Crippen molar-refractivity contribution in [2.24, 2.45) is 0 Å². The molecule has 4 aliphatic rings. The fourth-order valence-corrected chi connectivity index (χ4v) is 7.37. The highest BCUT2D eigenvalue weighted by Crippen LogP contribution is 2.44. The molecule has 1 aromatic carbocycles. The number of β-amino-alcohol motifs (C(OH)–C–C–N with tert-alkyl or cyclic N) is 1. The number of rotatable bonds is 5. The van der Waals surface area contributed by atoms with Crippen molar-refractivity contribution in [3.05, 3.63) is 35.0 Å². The van der Waals surface area contributed by atoms with E-state index >= 15 is 0 Å². The predicted octanol–water partition coefficient (Wildman–Crippen LogP) is 5.23. The van der Waals surface area contributed by atoms with Crippen molar-refractivity contribution in [1.29, 1.82) is 0 Å². The van der Waals surface area contributed by atoms with Crippen molar-refractivity contribution in [2.45, 2.75) is 95.2 Å². The Morgan fingerprint density at radius 3 is 2.50 bits per heavy atom. The van der Waals surface area contributed by atoms with E-state index < -0.39 is 0 Å². The van der Waals surface area contributed by atoms with Crippen LogP contribution in [0.1, 0.15) is 93.0 Å². The second-order valence-electron chi connectivity index (χ2n) is 11.0. The Morgan fingerprint density at radius 2 is 1.66 bits per heavy atom. The summed E-state index contributed by atoms with van der Waals surface area (Å²) < 4.78 is 2.65. The molecule has 174 valence electrons. The van der Waals surface area contributed by atoms with Gasteiger partial charge in [0.2, 0.25) is 0 Å². The van der Waals surface area contributed by atoms with Crippen molar-refractivity contribution in [2.75, 3.05) is 32.7 Å². The molecule has 2 atom stereocenters. The third-order valence-corrected chi connectivity index (χ3v) is 8.95. The first-order valence-corrected chi connectivity index (χ1v) is 13.6. The number of hydrogen-bond donors (Lipinski definition) is 1. The number of hydrogen-bond acceptors (Lipinski definition) is 3. The van der Waals surface area contributed by atoms with Crippen LogP contribution in [0, 0.1) is 0 Å². The molecular formula is C28H41N3O. The molecule has 6 rings (SSSR count). The lowest BCUT2D eigenvalue weighted by molar-refractivity contribution is 0.0381. The molecule has 0 unspecified atom stereocenters. The molecule has 32 heavy (non-hydrogen) atoms. The monoisotopic (exact) mass is 435 g/mol. The number of likely N-dealkylation sites (tertiary alicyclic amines) is 1. The molecule has 4 heteroatoms. The number of fused-ring (bicyclic) bond motifs is 3. The van der Waals surface area contributed by atoms with Gasteiger partial charge in [-0.05, 0) is 87.2 Å². The van der Waals surface area contributed by atoms with Crippen LogP contribution in [-0.4, -0.2) is 58.3 Å². The number of piperidine rings is 1. The van der Waals surface area contributed by atoms with Crippen LogP contribution >= 0.6 is 0 Å². The zero-order valence-corrected chi connectivity index (χ0v) is 19.8. The molecule has 2 aliphatic carbocycles. The maximum Gasteiger partial charge on any atom is 0.0794 e. The minimum Gasteiger partial charge on any atom is -0.390 e. The highest BCUT2D eigenvalue weighted by molar-refractivity contribution is 5.87. The van der Waals surface area contributed by atoms with Crippen molar-refractivity contribution < 1.29 is 5.11 Å². The smallest absolute Gasteiger partial charge is 0.0794 e. The molecular weight excluding hydrogens is 394 g/mol. The van der Waals surface area contributed by atoms with Crippen LogP contribution in [0.4, 0.5) is 0 Å². The van der Waals surface area contributed by atoms with Crippen molar-refractivity contribution >= 4 is 10.9 Å². The number of aryl methyl sites for hydroxylation is 1. The summed E-state index contributed by atoms with van der Waals surface area (Å²) in [6, 6.07) is 7.95. The highest BCUT2D eigenvalue weighted by atomic mass is 16.3. The minimum atomic E-state index is -0.229. The first-order chi connectivity index (χ1) is 15.8. The van der Waals surface area contributed by atoms with Gasteiger partial charge in [0.15, 0.2) is 0 Å². The van der Waals surface area contributed by atoms with Crippen molar-refractivity contribution in [3.63, 3.8) is 0 Å². The van der Waals surface area contributed by atoms with E-state index in [1.807, 2.05) is 0 Å². The van der Waals surface area contributed by atoms with Crippen LogP contribution in [0.25, 0.3) is 10.9 Å². The third kappa shape index (κ3) is 3.93. The predicted molar refractivity (Wildman–Crippen MR) is 131 cm³/mol. The SMILES string of the molecule is O[C@@H](CN1CCCCC1)CN1CCn2c3c(c4cc(C5CCCCC5)ccc42)CCC[C@@H]31. The zero-order chi connectivity index (χ0) is 21.5. The topological polar surface area (TPSA) is 31.6 Å². The number of aliphatic hydroxyl groups excluding tert-OH is 1. The quantitative estimate of drug-likeness (QED) is 0.698. The number of benzene rings is 1. The van der Waals surface area contributed by atoms with E-state index in [4.69, 9.17) is 0 Å². The normalized spacial score (nSPS) is 26.3. The molecule has 2 fully saturated rings. The van der Waals surface area contributed by atoms with Gasteiger partial charge in [0.1, 0.15) is 0 Å². The lowest BCUT2D eigenvalue weighted by atomic mass is 9.83. The molecule has 0 radical (unpaired) electrons. The van der Waals surface area contributed by atoms with Crippen LogP contribution in [0.3, 0.4) is 0 Å². The number of aromatic nitrogens is 1. The summed E-state index contributed by atoms with van der Waals surface area (Å²) in [6.45, 7) is 6.16. The molecule has 0 amide bonds. The van der Waals surface area contributed by atoms with Gasteiger partial charge in [-0.3, -0.25) is 4.90 Å². The van der Waals surface area contributed by atoms with Crippen LogP contribution in [0.2, 0.25) is 0 Å². The van der Waals surface area contributed by atoms with Crippen molar-refractivity contribution in [1.82, 2.24) is 14.4 Å². The zero-order valence-electron chi connectivity index (χ0n) is 19.8. The van der Waals surface area contributed by atoms with E-state index in [-0.39, 0.29) is 6.10 Å². The molecule has 1 saturated heterocycles. The van der Waals surface area contributed by atoms with E-state index in [9.17, 15) is 5.11 Å². The van der Waals surface area contributed by atoms with Gasteiger partial charge in [0, 0.05) is 42.8 Å². The van der Waals surface area contributed by atoms with Crippen molar-refractivity contribution in [3.8, 4) is 0 Å². The van der Waals surface area contributed by atoms with Gasteiger partial charge in [-0.15, -0.1) is 0 Å². The summed E-state index contributed by atoms with van der Waals surface area (Å²) in [5.74, 6) is 0.776. The van der Waals surface area contributed by atoms with E-state index in [1.165, 1.54) is 89.2 Å². The summed E-state index contributed by atoms with van der Waals surface area (Å²) in [7, 11) is 0. The average molecular weight is 436 g/mol. The first kappa shape index (κ1) is 21.2. The lowest BCUT2D eigenvalue weighted by Crippen LogP contribution is -2.46. The van der Waals surface area contributed by atoms with E-state index in [0.29, 0.717) is 6.04 Å². The fraction of sp³-hybridized carbons (Fsp3) is 0.714. The van der Waals surface area contributed by atoms with Crippen LogP contribution in [-0.2, 0) is 13.0 Å². The molecule has 2 aliphatic heterocycles. The minimum absolute atomic E-state index is 0.229. The summed E-state index contributed by atoms with van der Waals surface area (Å²) in [5.41, 5.74) is 6.27. The Morgan fingerprint density at radius 1 is 0.844 bits per heavy atom. The van der Waals surface area contributed by atoms with Gasteiger partial charge in [-0.25, -0.2) is 0 Å². The molecule has 0 spiro atoms. The molecule has 0 bridgehead atoms. The van der Waals surface area contributed by atoms with Crippen LogP contribution in [0.15, 0.2) is 18.2 Å². The third-order valence-electron chi connectivity index (χ3n) is 8.95. The Labute approximate surface area is 193 Å². The molecule has 1 saturated carbocycles. The Kier molecular flexibility index (Phi) is 6.04. The highest BCUT2D eigenvalue weighted by Gasteiger charge is 2.35. The second kappa shape index (κ2) is 9.12. The van der Waals surface area contributed by atoms with Gasteiger partial charge >= 0.3 is 0 Å². The van der Waals surface area contributed by atoms with Crippen LogP contribution < -0.4 is 0 Å². The largest absolute Gasteiger partial charge is 0.390 e. The van der Waals surface area contributed by atoms with E-state index in [0.717, 1.165) is 32.1 Å².